The number of hydrogen-bond donors (Lipinski definition) is 0. The number of rotatable bonds is 38. The SMILES string of the molecule is CC(=O)CCc1cccc(CN(Cc2ccc(-c3ncccn3)cc2)S(=O)(=O)c2ccccn2)c1.CC(=O)CCc1cccc(CN(Cc2ccc(-n3cccn3)cc2)S(=O)(=O)c2cccnc2)c1.CC(=O)COc1cccc(CN(c2cccc(-c3nccs3)c2)S(=O)(=O)c2cccnc2)c1.CC(=O)Cc1cccc(CN(Cc2ccc(-c3nccs3)cc2)S(=O)(=O)c2cccnc2)c1. The van der Waals surface area contributed by atoms with Gasteiger partial charge < -0.3 is 14.3 Å². The summed E-state index contributed by atoms with van der Waals surface area (Å²) in [5.41, 5.74) is 12.7. The number of ether oxygens (including phenoxy) is 1. The van der Waals surface area contributed by atoms with Gasteiger partial charge in [0.1, 0.15) is 54.4 Å². The summed E-state index contributed by atoms with van der Waals surface area (Å²) in [6, 6.07) is 78.1. The Bertz CT molecular complexity index is 7080. The van der Waals surface area contributed by atoms with Crippen LogP contribution in [0.4, 0.5) is 5.69 Å². The Kier molecular flexibility index (Phi) is 34.6. The molecule has 16 rings (SSSR count). The van der Waals surface area contributed by atoms with Gasteiger partial charge >= 0.3 is 0 Å². The molecule has 135 heavy (non-hydrogen) atoms. The zero-order chi connectivity index (χ0) is 95.2. The Morgan fingerprint density at radius 3 is 1.26 bits per heavy atom. The highest BCUT2D eigenvalue weighted by molar-refractivity contribution is 7.92. The molecule has 8 heterocycles. The predicted molar refractivity (Wildman–Crippen MR) is 520 cm³/mol. The number of thiazole rings is 2. The lowest BCUT2D eigenvalue weighted by atomic mass is 10.0. The molecule has 688 valence electrons. The summed E-state index contributed by atoms with van der Waals surface area (Å²) in [5.74, 6) is 1.33. The molecule has 0 saturated carbocycles. The maximum Gasteiger partial charge on any atom is 0.266 e. The second-order valence-corrected chi connectivity index (χ2v) is 40.7. The van der Waals surface area contributed by atoms with Crippen LogP contribution in [0.15, 0.2) is 372 Å². The Balaban J connectivity index is 0.000000152. The maximum absolute atomic E-state index is 13.6. The van der Waals surface area contributed by atoms with Gasteiger partial charge in [0.05, 0.1) is 17.9 Å². The van der Waals surface area contributed by atoms with Crippen molar-refractivity contribution in [2.45, 2.75) is 125 Å². The lowest BCUT2D eigenvalue weighted by Crippen LogP contribution is -2.31. The molecule has 0 spiro atoms. The van der Waals surface area contributed by atoms with Gasteiger partial charge in [-0.15, -0.1) is 22.7 Å². The standard InChI is InChI=1S/C27H26N4O3S.C26H26N4O3S.C25H23N3O3S2.C24H21N3O4S2/c1-21(32)9-10-22-6-4-7-24(18-22)20-31(35(33,34)26-8-2-3-15-28-26)19-23-11-13-25(14-12-23)27-29-16-5-17-30-27;1-21(31)8-9-22-5-2-6-24(17-22)20-29(34(32,33)26-7-3-14-27-18-26)19-23-10-12-25(13-11-23)30-16-4-15-28-30;1-19(29)14-21-4-2-5-22(15-21)18-28(33(30,31)24-6-3-11-26-16-24)17-20-7-9-23(10-8-20)25-27-12-13-32-25;1-18(28)17-31-22-8-2-5-19(13-22)16-27(33(29,30)23-9-4-10-25-15-23)21-7-3-6-20(14-21)24-26-11-12-32-24/h2-8,11-18H,9-10,19-20H2,1H3;2-7,10-18H,8-9,19-20H2,1H3;2-13,15-16H,14,17-18H2,1H3;2-15H,16-17H2,1H3. The van der Waals surface area contributed by atoms with Crippen LogP contribution in [0.3, 0.4) is 0 Å². The first kappa shape index (κ1) is 98.4. The van der Waals surface area contributed by atoms with E-state index in [9.17, 15) is 52.8 Å². The summed E-state index contributed by atoms with van der Waals surface area (Å²) >= 11 is 3.04. The van der Waals surface area contributed by atoms with E-state index < -0.39 is 40.1 Å². The molecule has 0 unspecified atom stereocenters. The molecule has 0 aliphatic rings. The van der Waals surface area contributed by atoms with Gasteiger partial charge in [0.25, 0.3) is 20.0 Å². The van der Waals surface area contributed by atoms with Crippen molar-refractivity contribution in [3.05, 3.63) is 408 Å². The highest BCUT2D eigenvalue weighted by Crippen LogP contribution is 2.34. The van der Waals surface area contributed by atoms with Crippen molar-refractivity contribution >= 4 is 91.6 Å². The van der Waals surface area contributed by atoms with Crippen molar-refractivity contribution in [2.75, 3.05) is 10.9 Å². The number of Topliss-reactive ketones (excluding diaryl/α,β-unsaturated/α-hetero) is 4. The predicted octanol–water partition coefficient (Wildman–Crippen LogP) is 17.9. The first-order valence-corrected chi connectivity index (χ1v) is 50.2. The van der Waals surface area contributed by atoms with Gasteiger partial charge in [-0.2, -0.15) is 18.0 Å². The van der Waals surface area contributed by atoms with Gasteiger partial charge in [0.2, 0.25) is 20.0 Å². The first-order chi connectivity index (χ1) is 65.2. The third-order valence-corrected chi connectivity index (χ3v) is 29.4. The number of anilines is 1. The van der Waals surface area contributed by atoms with Crippen molar-refractivity contribution < 1.29 is 57.6 Å². The fraction of sp³-hybridized carbons (Fsp3) is 0.167. The monoisotopic (exact) mass is 1920 g/mol. The number of ketones is 4. The number of carbonyl (C=O) groups excluding carboxylic acids is 4. The number of sulfonamides is 4. The molecular weight excluding hydrogens is 1820 g/mol. The highest BCUT2D eigenvalue weighted by atomic mass is 32.2. The topological polar surface area (TPSA) is 348 Å². The van der Waals surface area contributed by atoms with E-state index in [1.807, 2.05) is 193 Å². The summed E-state index contributed by atoms with van der Waals surface area (Å²) in [6.07, 6.45) is 23.1. The molecule has 0 atom stereocenters. The number of benzene rings is 8. The summed E-state index contributed by atoms with van der Waals surface area (Å²) in [7, 11) is -15.4. The van der Waals surface area contributed by atoms with E-state index in [0.29, 0.717) is 54.9 Å². The van der Waals surface area contributed by atoms with Crippen LogP contribution in [0.25, 0.3) is 38.2 Å². The van der Waals surface area contributed by atoms with Crippen molar-refractivity contribution in [3.8, 4) is 44.0 Å². The fourth-order valence-electron chi connectivity index (χ4n) is 14.1. The number of aromatic nitrogens is 10. The van der Waals surface area contributed by atoms with Crippen LogP contribution in [-0.4, -0.2) is 126 Å². The summed E-state index contributed by atoms with van der Waals surface area (Å²) in [4.78, 5) is 79.2. The van der Waals surface area contributed by atoms with E-state index in [1.54, 1.807) is 153 Å². The Morgan fingerprint density at radius 1 is 0.341 bits per heavy atom. The molecule has 0 amide bonds. The van der Waals surface area contributed by atoms with Gasteiger partial charge in [-0.05, 0) is 193 Å². The average Bonchev–Trinajstić information content (AvgIpc) is 1.42. The molecule has 0 radical (unpaired) electrons. The summed E-state index contributed by atoms with van der Waals surface area (Å²) in [5, 5.41) is 9.75. The molecule has 27 nitrogen and oxygen atoms in total. The van der Waals surface area contributed by atoms with Gasteiger partial charge in [-0.25, -0.2) is 63.3 Å². The molecule has 8 aromatic carbocycles. The number of carbonyl (C=O) groups is 4. The second kappa shape index (κ2) is 47.5. The van der Waals surface area contributed by atoms with E-state index in [0.717, 1.165) is 82.5 Å². The van der Waals surface area contributed by atoms with Crippen molar-refractivity contribution in [2.24, 2.45) is 0 Å². The number of hydrogen-bond acceptors (Lipinski definition) is 24. The highest BCUT2D eigenvalue weighted by Gasteiger charge is 2.31. The lowest BCUT2D eigenvalue weighted by molar-refractivity contribution is -0.119. The third kappa shape index (κ3) is 28.5. The molecule has 0 N–H and O–H groups in total. The molecule has 0 aliphatic carbocycles. The summed E-state index contributed by atoms with van der Waals surface area (Å²) in [6.45, 7) is 7.28. The van der Waals surface area contributed by atoms with Crippen molar-refractivity contribution in [3.63, 3.8) is 0 Å². The van der Waals surface area contributed by atoms with Crippen LogP contribution < -0.4 is 9.04 Å². The molecule has 8 aromatic heterocycles. The molecule has 0 fully saturated rings. The van der Waals surface area contributed by atoms with Crippen molar-refractivity contribution in [1.82, 2.24) is 62.6 Å². The van der Waals surface area contributed by atoms with Crippen LogP contribution in [0.1, 0.15) is 96.2 Å². The number of pyridine rings is 4. The molecule has 0 saturated heterocycles. The number of aryl methyl sites for hydroxylation is 2. The molecule has 16 aromatic rings. The quantitative estimate of drug-likeness (QED) is 0.0347. The van der Waals surface area contributed by atoms with Crippen molar-refractivity contribution in [1.29, 1.82) is 0 Å². The normalized spacial score (nSPS) is 11.5. The minimum atomic E-state index is -3.92. The third-order valence-electron chi connectivity index (χ3n) is 20.7. The van der Waals surface area contributed by atoms with E-state index in [-0.39, 0.29) is 95.3 Å². The van der Waals surface area contributed by atoms with Gasteiger partial charge in [-0.1, -0.05) is 164 Å². The number of nitrogens with zero attached hydrogens (tertiary/aromatic N) is 14. The Morgan fingerprint density at radius 2 is 0.793 bits per heavy atom. The fourth-order valence-corrected chi connectivity index (χ4v) is 20.8. The van der Waals surface area contributed by atoms with E-state index in [1.165, 1.54) is 78.6 Å². The van der Waals surface area contributed by atoms with E-state index in [2.05, 4.69) is 45.0 Å². The Hall–Kier alpha value is -14.1. The first-order valence-electron chi connectivity index (χ1n) is 42.7. The van der Waals surface area contributed by atoms with Crippen LogP contribution in [0.5, 0.6) is 5.75 Å². The molecule has 33 heteroatoms. The summed E-state index contributed by atoms with van der Waals surface area (Å²) < 4.78 is 121. The van der Waals surface area contributed by atoms with Crippen LogP contribution >= 0.6 is 22.7 Å². The van der Waals surface area contributed by atoms with Crippen LogP contribution in [-0.2, 0) is 124 Å². The zero-order valence-corrected chi connectivity index (χ0v) is 79.1. The lowest BCUT2D eigenvalue weighted by Gasteiger charge is -2.25. The molecular formula is C102H96N14O13S6. The largest absolute Gasteiger partial charge is 0.486 e. The Labute approximate surface area is 793 Å². The molecule has 0 aliphatic heterocycles. The van der Waals surface area contributed by atoms with Crippen LogP contribution in [0.2, 0.25) is 0 Å². The second-order valence-electron chi connectivity index (χ2n) is 31.3. The minimum absolute atomic E-state index is 0.00189. The average molecular weight is 1920 g/mol. The van der Waals surface area contributed by atoms with E-state index in [4.69, 9.17) is 4.74 Å². The maximum atomic E-state index is 13.6. The minimum Gasteiger partial charge on any atom is -0.486 e. The van der Waals surface area contributed by atoms with Gasteiger partial charge in [0.15, 0.2) is 16.6 Å². The molecule has 0 bridgehead atoms. The van der Waals surface area contributed by atoms with Crippen LogP contribution in [0, 0.1) is 0 Å². The van der Waals surface area contributed by atoms with E-state index >= 15 is 0 Å². The van der Waals surface area contributed by atoms with Gasteiger partial charge in [-0.3, -0.25) is 28.8 Å². The smallest absolute Gasteiger partial charge is 0.266 e. The zero-order valence-electron chi connectivity index (χ0n) is 74.2. The van der Waals surface area contributed by atoms with Gasteiger partial charge in [0, 0.05) is 167 Å².